The maximum Gasteiger partial charge on any atom is 0.273 e. The third kappa shape index (κ3) is 3.81. The van der Waals surface area contributed by atoms with Gasteiger partial charge in [0.1, 0.15) is 0 Å². The molecule has 6 heteroatoms. The number of aryl methyl sites for hydroxylation is 1. The van der Waals surface area contributed by atoms with Crippen molar-refractivity contribution in [2.24, 2.45) is 0 Å². The van der Waals surface area contributed by atoms with Crippen LogP contribution in [0, 0.1) is 17.0 Å². The summed E-state index contributed by atoms with van der Waals surface area (Å²) < 4.78 is 0. The van der Waals surface area contributed by atoms with Gasteiger partial charge in [0.2, 0.25) is 0 Å². The van der Waals surface area contributed by atoms with Gasteiger partial charge in [0, 0.05) is 23.7 Å². The topological polar surface area (TPSA) is 84.3 Å². The zero-order valence-corrected chi connectivity index (χ0v) is 10.5. The molecule has 0 aromatic heterocycles. The van der Waals surface area contributed by atoms with Gasteiger partial charge in [-0.2, -0.15) is 0 Å². The summed E-state index contributed by atoms with van der Waals surface area (Å²) in [5.74, 6) is -0.283. The zero-order chi connectivity index (χ0) is 13.5. The van der Waals surface area contributed by atoms with Crippen LogP contribution >= 0.6 is 0 Å². The standard InChI is InChI=1S/C12H17N3O3/c1-9-4-5-10(8-11(9)15(17)18)12(16)14-7-3-6-13-2/h4-5,8,13H,3,6-7H2,1-2H3,(H,14,16). The highest BCUT2D eigenvalue weighted by Gasteiger charge is 2.14. The summed E-state index contributed by atoms with van der Waals surface area (Å²) in [5, 5.41) is 16.5. The second kappa shape index (κ2) is 6.70. The molecule has 6 nitrogen and oxygen atoms in total. The quantitative estimate of drug-likeness (QED) is 0.452. The Morgan fingerprint density at radius 2 is 2.11 bits per heavy atom. The Bertz CT molecular complexity index is 446. The van der Waals surface area contributed by atoms with E-state index >= 15 is 0 Å². The monoisotopic (exact) mass is 251 g/mol. The number of nitrogens with zero attached hydrogens (tertiary/aromatic N) is 1. The fourth-order valence-electron chi connectivity index (χ4n) is 1.52. The molecule has 1 aromatic rings. The fourth-order valence-corrected chi connectivity index (χ4v) is 1.52. The second-order valence-corrected chi connectivity index (χ2v) is 3.97. The Hall–Kier alpha value is -1.95. The average Bonchev–Trinajstić information content (AvgIpc) is 2.34. The average molecular weight is 251 g/mol. The number of amides is 1. The summed E-state index contributed by atoms with van der Waals surface area (Å²) in [6, 6.07) is 4.49. The third-order valence-corrected chi connectivity index (χ3v) is 2.56. The molecule has 0 aliphatic rings. The molecule has 0 fully saturated rings. The van der Waals surface area contributed by atoms with Crippen molar-refractivity contribution in [1.29, 1.82) is 0 Å². The minimum Gasteiger partial charge on any atom is -0.352 e. The molecule has 0 spiro atoms. The molecule has 0 unspecified atom stereocenters. The van der Waals surface area contributed by atoms with Gasteiger partial charge < -0.3 is 10.6 Å². The lowest BCUT2D eigenvalue weighted by atomic mass is 10.1. The molecule has 0 aliphatic heterocycles. The summed E-state index contributed by atoms with van der Waals surface area (Å²) in [6.45, 7) is 3.00. The molecule has 0 aliphatic carbocycles. The molecule has 1 amide bonds. The van der Waals surface area contributed by atoms with Crippen molar-refractivity contribution in [2.75, 3.05) is 20.1 Å². The van der Waals surface area contributed by atoms with Crippen LogP contribution in [0.15, 0.2) is 18.2 Å². The normalized spacial score (nSPS) is 10.1. The summed E-state index contributed by atoms with van der Waals surface area (Å²) in [7, 11) is 1.84. The number of carbonyl (C=O) groups is 1. The Labute approximate surface area is 106 Å². The molecule has 2 N–H and O–H groups in total. The Morgan fingerprint density at radius 3 is 2.72 bits per heavy atom. The number of hydrogen-bond donors (Lipinski definition) is 2. The van der Waals surface area contributed by atoms with E-state index in [1.165, 1.54) is 6.07 Å². The molecule has 0 saturated carbocycles. The first-order valence-corrected chi connectivity index (χ1v) is 5.74. The molecule has 0 saturated heterocycles. The lowest BCUT2D eigenvalue weighted by molar-refractivity contribution is -0.385. The third-order valence-electron chi connectivity index (χ3n) is 2.56. The van der Waals surface area contributed by atoms with Gasteiger partial charge in [0.15, 0.2) is 0 Å². The van der Waals surface area contributed by atoms with Gasteiger partial charge in [-0.3, -0.25) is 14.9 Å². The number of carbonyl (C=O) groups excluding carboxylic acids is 1. The van der Waals surface area contributed by atoms with E-state index in [4.69, 9.17) is 0 Å². The van der Waals surface area contributed by atoms with Crippen molar-refractivity contribution in [3.63, 3.8) is 0 Å². The van der Waals surface area contributed by atoms with E-state index < -0.39 is 4.92 Å². The lowest BCUT2D eigenvalue weighted by Gasteiger charge is -2.05. The number of rotatable bonds is 6. The van der Waals surface area contributed by atoms with E-state index in [-0.39, 0.29) is 11.6 Å². The van der Waals surface area contributed by atoms with Gasteiger partial charge >= 0.3 is 0 Å². The van der Waals surface area contributed by atoms with E-state index in [2.05, 4.69) is 10.6 Å². The smallest absolute Gasteiger partial charge is 0.273 e. The van der Waals surface area contributed by atoms with Crippen LogP contribution in [0.3, 0.4) is 0 Å². The number of nitro benzene ring substituents is 1. The number of hydrogen-bond acceptors (Lipinski definition) is 4. The minimum atomic E-state index is -0.479. The molecule has 0 radical (unpaired) electrons. The highest BCUT2D eigenvalue weighted by Crippen LogP contribution is 2.19. The molecule has 18 heavy (non-hydrogen) atoms. The van der Waals surface area contributed by atoms with Crippen LogP contribution in [0.5, 0.6) is 0 Å². The molecule has 1 rings (SSSR count). The van der Waals surface area contributed by atoms with E-state index in [1.54, 1.807) is 19.1 Å². The van der Waals surface area contributed by atoms with Crippen LogP contribution in [-0.4, -0.2) is 31.0 Å². The Balaban J connectivity index is 2.68. The van der Waals surface area contributed by atoms with Gasteiger partial charge in [0.05, 0.1) is 4.92 Å². The number of benzene rings is 1. The predicted octanol–water partition coefficient (Wildman–Crippen LogP) is 1.24. The van der Waals surface area contributed by atoms with Crippen LogP contribution in [0.2, 0.25) is 0 Å². The van der Waals surface area contributed by atoms with Crippen molar-refractivity contribution >= 4 is 11.6 Å². The summed E-state index contributed by atoms with van der Waals surface area (Å²) in [6.07, 6.45) is 0.816. The van der Waals surface area contributed by atoms with Crippen molar-refractivity contribution in [3.8, 4) is 0 Å². The molecular weight excluding hydrogens is 234 g/mol. The van der Waals surface area contributed by atoms with Crippen LogP contribution in [0.25, 0.3) is 0 Å². The predicted molar refractivity (Wildman–Crippen MR) is 68.7 cm³/mol. The highest BCUT2D eigenvalue weighted by atomic mass is 16.6. The van der Waals surface area contributed by atoms with E-state index in [9.17, 15) is 14.9 Å². The summed E-state index contributed by atoms with van der Waals surface area (Å²) in [4.78, 5) is 22.0. The fraction of sp³-hybridized carbons (Fsp3) is 0.417. The van der Waals surface area contributed by atoms with E-state index in [0.717, 1.165) is 13.0 Å². The van der Waals surface area contributed by atoms with E-state index in [0.29, 0.717) is 17.7 Å². The molecule has 0 atom stereocenters. The first-order valence-electron chi connectivity index (χ1n) is 5.74. The van der Waals surface area contributed by atoms with Crippen LogP contribution in [0.1, 0.15) is 22.3 Å². The highest BCUT2D eigenvalue weighted by molar-refractivity contribution is 5.94. The van der Waals surface area contributed by atoms with Crippen molar-refractivity contribution in [2.45, 2.75) is 13.3 Å². The molecule has 0 heterocycles. The Morgan fingerprint density at radius 1 is 1.39 bits per heavy atom. The maximum atomic E-state index is 11.7. The zero-order valence-electron chi connectivity index (χ0n) is 10.5. The molecule has 98 valence electrons. The molecular formula is C12H17N3O3. The van der Waals surface area contributed by atoms with Crippen LogP contribution < -0.4 is 10.6 Å². The maximum absolute atomic E-state index is 11.7. The molecule has 1 aromatic carbocycles. The first kappa shape index (κ1) is 14.1. The molecule has 0 bridgehead atoms. The number of nitrogens with one attached hydrogen (secondary N) is 2. The van der Waals surface area contributed by atoms with Crippen molar-refractivity contribution in [3.05, 3.63) is 39.4 Å². The van der Waals surface area contributed by atoms with Gasteiger partial charge in [-0.25, -0.2) is 0 Å². The first-order chi connectivity index (χ1) is 8.56. The minimum absolute atomic E-state index is 0.0297. The van der Waals surface area contributed by atoms with E-state index in [1.807, 2.05) is 7.05 Å². The summed E-state index contributed by atoms with van der Waals surface area (Å²) in [5.41, 5.74) is 0.835. The van der Waals surface area contributed by atoms with Crippen molar-refractivity contribution in [1.82, 2.24) is 10.6 Å². The van der Waals surface area contributed by atoms with Crippen LogP contribution in [0.4, 0.5) is 5.69 Å². The largest absolute Gasteiger partial charge is 0.352 e. The summed E-state index contributed by atoms with van der Waals surface area (Å²) >= 11 is 0. The Kier molecular flexibility index (Phi) is 5.26. The number of nitro groups is 1. The van der Waals surface area contributed by atoms with Gasteiger partial charge in [-0.1, -0.05) is 6.07 Å². The van der Waals surface area contributed by atoms with Gasteiger partial charge in [-0.05, 0) is 33.0 Å². The van der Waals surface area contributed by atoms with Crippen LogP contribution in [-0.2, 0) is 0 Å². The van der Waals surface area contributed by atoms with Gasteiger partial charge in [0.25, 0.3) is 11.6 Å². The van der Waals surface area contributed by atoms with Gasteiger partial charge in [-0.15, -0.1) is 0 Å². The SMILES string of the molecule is CNCCCNC(=O)c1ccc(C)c([N+](=O)[O-])c1. The second-order valence-electron chi connectivity index (χ2n) is 3.97. The van der Waals surface area contributed by atoms with Crippen molar-refractivity contribution < 1.29 is 9.72 Å². The lowest BCUT2D eigenvalue weighted by Crippen LogP contribution is -2.26.